The highest BCUT2D eigenvalue weighted by molar-refractivity contribution is 7.93. The zero-order chi connectivity index (χ0) is 22.0. The van der Waals surface area contributed by atoms with Gasteiger partial charge in [-0.3, -0.25) is 9.59 Å². The highest BCUT2D eigenvalue weighted by Gasteiger charge is 2.32. The van der Waals surface area contributed by atoms with Crippen molar-refractivity contribution in [2.45, 2.75) is 19.8 Å². The molecule has 1 N–H and O–H groups in total. The van der Waals surface area contributed by atoms with E-state index >= 15 is 0 Å². The fraction of sp³-hybridized carbons (Fsp3) is 0.227. The summed E-state index contributed by atoms with van der Waals surface area (Å²) in [5, 5.41) is 9.77. The Balaban J connectivity index is 2.21. The summed E-state index contributed by atoms with van der Waals surface area (Å²) in [6.45, 7) is 2.04. The molecule has 2 rings (SSSR count). The zero-order valence-electron chi connectivity index (χ0n) is 16.6. The standard InChI is InChI=1S/C22H23N3O4S/c1-2-25(19-12-7-4-8-13-19)22(27)20(14-9-16-23)21(26)24-30(28,29)17-15-18-10-5-3-6-11-18/h3-8,10-13,15,17,20H,2,9,14H2,1H3,(H,24,26)/b17-15+. The number of sulfonamides is 1. The van der Waals surface area contributed by atoms with Gasteiger partial charge < -0.3 is 4.90 Å². The quantitative estimate of drug-likeness (QED) is 0.621. The van der Waals surface area contributed by atoms with Crippen LogP contribution < -0.4 is 9.62 Å². The summed E-state index contributed by atoms with van der Waals surface area (Å²) in [5.74, 6) is -2.81. The summed E-state index contributed by atoms with van der Waals surface area (Å²) in [5.41, 5.74) is 1.24. The fourth-order valence-electron chi connectivity index (χ4n) is 2.81. The number of nitriles is 1. The maximum absolute atomic E-state index is 13.0. The number of rotatable bonds is 9. The molecule has 0 aliphatic rings. The Labute approximate surface area is 176 Å². The van der Waals surface area contributed by atoms with Crippen LogP contribution in [0.1, 0.15) is 25.3 Å². The molecule has 0 heterocycles. The van der Waals surface area contributed by atoms with Crippen LogP contribution >= 0.6 is 0 Å². The third-order valence-electron chi connectivity index (χ3n) is 4.29. The molecular weight excluding hydrogens is 402 g/mol. The van der Waals surface area contributed by atoms with Gasteiger partial charge in [-0.05, 0) is 37.1 Å². The Bertz CT molecular complexity index is 1030. The number of hydrogen-bond donors (Lipinski definition) is 1. The molecule has 156 valence electrons. The summed E-state index contributed by atoms with van der Waals surface area (Å²) in [6, 6.07) is 19.4. The smallest absolute Gasteiger partial charge is 0.257 e. The number of amides is 2. The number of nitrogens with one attached hydrogen (secondary N) is 1. The van der Waals surface area contributed by atoms with E-state index in [4.69, 9.17) is 5.26 Å². The second kappa shape index (κ2) is 10.9. The topological polar surface area (TPSA) is 107 Å². The molecule has 30 heavy (non-hydrogen) atoms. The molecule has 0 aliphatic carbocycles. The van der Waals surface area contributed by atoms with Gasteiger partial charge in [0.2, 0.25) is 11.8 Å². The van der Waals surface area contributed by atoms with Crippen LogP contribution in [0.2, 0.25) is 0 Å². The van der Waals surface area contributed by atoms with Gasteiger partial charge in [-0.15, -0.1) is 0 Å². The highest BCUT2D eigenvalue weighted by Crippen LogP contribution is 2.19. The lowest BCUT2D eigenvalue weighted by atomic mass is 10.0. The highest BCUT2D eigenvalue weighted by atomic mass is 32.2. The Kier molecular flexibility index (Phi) is 8.32. The second-order valence-electron chi connectivity index (χ2n) is 6.39. The molecule has 7 nitrogen and oxygen atoms in total. The van der Waals surface area contributed by atoms with Gasteiger partial charge in [0.15, 0.2) is 0 Å². The van der Waals surface area contributed by atoms with Crippen molar-refractivity contribution >= 4 is 33.6 Å². The van der Waals surface area contributed by atoms with E-state index < -0.39 is 27.8 Å². The van der Waals surface area contributed by atoms with Crippen LogP contribution in [0, 0.1) is 17.2 Å². The lowest BCUT2D eigenvalue weighted by Gasteiger charge is -2.25. The van der Waals surface area contributed by atoms with E-state index in [9.17, 15) is 18.0 Å². The van der Waals surface area contributed by atoms with Crippen LogP contribution in [0.4, 0.5) is 5.69 Å². The minimum atomic E-state index is -4.11. The third kappa shape index (κ3) is 6.57. The predicted molar refractivity (Wildman–Crippen MR) is 115 cm³/mol. The first-order chi connectivity index (χ1) is 14.4. The van der Waals surface area contributed by atoms with E-state index in [1.807, 2.05) is 10.8 Å². The zero-order valence-corrected chi connectivity index (χ0v) is 17.4. The summed E-state index contributed by atoms with van der Waals surface area (Å²) in [6.07, 6.45) is 1.21. The van der Waals surface area contributed by atoms with Gasteiger partial charge in [0.25, 0.3) is 10.0 Å². The molecule has 2 aromatic rings. The Morgan fingerprint density at radius 3 is 2.27 bits per heavy atom. The summed E-state index contributed by atoms with van der Waals surface area (Å²) in [4.78, 5) is 27.1. The van der Waals surface area contributed by atoms with Crippen LogP contribution in [-0.4, -0.2) is 26.8 Å². The average molecular weight is 426 g/mol. The molecule has 0 saturated heterocycles. The largest absolute Gasteiger partial charge is 0.312 e. The first-order valence-corrected chi connectivity index (χ1v) is 11.0. The van der Waals surface area contributed by atoms with Gasteiger partial charge in [0.05, 0.1) is 11.5 Å². The molecule has 0 saturated carbocycles. The molecule has 0 fully saturated rings. The van der Waals surface area contributed by atoms with Crippen molar-refractivity contribution in [2.75, 3.05) is 11.4 Å². The van der Waals surface area contributed by atoms with Crippen molar-refractivity contribution < 1.29 is 18.0 Å². The van der Waals surface area contributed by atoms with Gasteiger partial charge in [-0.25, -0.2) is 13.1 Å². The van der Waals surface area contributed by atoms with Crippen molar-refractivity contribution in [3.8, 4) is 6.07 Å². The minimum Gasteiger partial charge on any atom is -0.312 e. The fourth-order valence-corrected chi connectivity index (χ4v) is 3.64. The Morgan fingerprint density at radius 1 is 1.10 bits per heavy atom. The van der Waals surface area contributed by atoms with Crippen LogP contribution in [0.15, 0.2) is 66.1 Å². The van der Waals surface area contributed by atoms with Crippen LogP contribution in [0.5, 0.6) is 0 Å². The number of carbonyl (C=O) groups excluding carboxylic acids is 2. The molecule has 2 amide bonds. The molecule has 0 radical (unpaired) electrons. The number of hydrogen-bond acceptors (Lipinski definition) is 5. The molecular formula is C22H23N3O4S. The maximum Gasteiger partial charge on any atom is 0.257 e. The van der Waals surface area contributed by atoms with Gasteiger partial charge in [0, 0.05) is 18.7 Å². The van der Waals surface area contributed by atoms with Crippen molar-refractivity contribution in [1.29, 1.82) is 5.26 Å². The van der Waals surface area contributed by atoms with E-state index in [-0.39, 0.29) is 12.8 Å². The summed E-state index contributed by atoms with van der Waals surface area (Å²) in [7, 11) is -4.11. The van der Waals surface area contributed by atoms with Crippen LogP contribution in [0.25, 0.3) is 6.08 Å². The third-order valence-corrected chi connectivity index (χ3v) is 5.27. The van der Waals surface area contributed by atoms with Crippen molar-refractivity contribution in [3.05, 3.63) is 71.6 Å². The van der Waals surface area contributed by atoms with E-state index in [1.165, 1.54) is 11.0 Å². The molecule has 2 aromatic carbocycles. The molecule has 1 unspecified atom stereocenters. The molecule has 1 atom stereocenters. The molecule has 0 bridgehead atoms. The Hall–Kier alpha value is -3.44. The summed E-state index contributed by atoms with van der Waals surface area (Å²) >= 11 is 0. The van der Waals surface area contributed by atoms with Gasteiger partial charge in [0.1, 0.15) is 5.92 Å². The minimum absolute atomic E-state index is 0.0595. The van der Waals surface area contributed by atoms with Gasteiger partial charge in [-0.1, -0.05) is 48.5 Å². The molecule has 0 spiro atoms. The summed E-state index contributed by atoms with van der Waals surface area (Å²) < 4.78 is 26.6. The Morgan fingerprint density at radius 2 is 1.70 bits per heavy atom. The van der Waals surface area contributed by atoms with Gasteiger partial charge in [-0.2, -0.15) is 5.26 Å². The lowest BCUT2D eigenvalue weighted by molar-refractivity contribution is -0.132. The number of anilines is 1. The van der Waals surface area contributed by atoms with Crippen molar-refractivity contribution in [2.24, 2.45) is 5.92 Å². The predicted octanol–water partition coefficient (Wildman–Crippen LogP) is 3.08. The average Bonchev–Trinajstić information content (AvgIpc) is 2.74. The van der Waals surface area contributed by atoms with Crippen LogP contribution in [-0.2, 0) is 19.6 Å². The molecule has 0 aromatic heterocycles. The normalized spacial score (nSPS) is 12.1. The van der Waals surface area contributed by atoms with E-state index in [0.717, 1.165) is 5.41 Å². The number of benzene rings is 2. The number of para-hydroxylation sites is 1. The van der Waals surface area contributed by atoms with Crippen molar-refractivity contribution in [3.63, 3.8) is 0 Å². The molecule has 0 aliphatic heterocycles. The monoisotopic (exact) mass is 425 g/mol. The number of nitrogens with zero attached hydrogens (tertiary/aromatic N) is 2. The number of carbonyl (C=O) groups is 2. The second-order valence-corrected chi connectivity index (χ2v) is 7.96. The first kappa shape index (κ1) is 22.8. The first-order valence-electron chi connectivity index (χ1n) is 9.41. The van der Waals surface area contributed by atoms with E-state index in [1.54, 1.807) is 67.6 Å². The molecule has 8 heteroatoms. The van der Waals surface area contributed by atoms with Gasteiger partial charge >= 0.3 is 0 Å². The van der Waals surface area contributed by atoms with E-state index in [0.29, 0.717) is 17.8 Å². The lowest BCUT2D eigenvalue weighted by Crippen LogP contribution is -2.45. The van der Waals surface area contributed by atoms with Crippen LogP contribution in [0.3, 0.4) is 0 Å². The van der Waals surface area contributed by atoms with Crippen molar-refractivity contribution in [1.82, 2.24) is 4.72 Å². The maximum atomic E-state index is 13.0. The SMILES string of the molecule is CCN(C(=O)C(CCC#N)C(=O)NS(=O)(=O)/C=C/c1ccccc1)c1ccccc1. The van der Waals surface area contributed by atoms with E-state index in [2.05, 4.69) is 0 Å².